The topological polar surface area (TPSA) is 65.1 Å². The first-order valence-corrected chi connectivity index (χ1v) is 9.32. The molecule has 0 spiro atoms. The average Bonchev–Trinajstić information content (AvgIpc) is 3.24. The number of pyridine rings is 1. The van der Waals surface area contributed by atoms with Gasteiger partial charge in [-0.2, -0.15) is 5.10 Å². The van der Waals surface area contributed by atoms with Gasteiger partial charge < -0.3 is 9.80 Å². The first-order chi connectivity index (χ1) is 13.3. The molecule has 0 bridgehead atoms. The first kappa shape index (κ1) is 17.3. The summed E-state index contributed by atoms with van der Waals surface area (Å²) in [4.78, 5) is 20.8. The minimum Gasteiger partial charge on any atom is -0.352 e. The minimum atomic E-state index is 0.233. The van der Waals surface area contributed by atoms with Gasteiger partial charge in [0, 0.05) is 56.6 Å². The normalized spacial score (nSPS) is 14.4. The lowest BCUT2D eigenvalue weighted by molar-refractivity contribution is -0.131. The van der Waals surface area contributed by atoms with Crippen molar-refractivity contribution >= 4 is 11.7 Å². The molecule has 3 aromatic rings. The van der Waals surface area contributed by atoms with E-state index in [2.05, 4.69) is 32.2 Å². The number of piperazine rings is 1. The molecule has 1 saturated heterocycles. The smallest absolute Gasteiger partial charge is 0.223 e. The van der Waals surface area contributed by atoms with Crippen LogP contribution in [0.1, 0.15) is 12.0 Å². The van der Waals surface area contributed by atoms with Gasteiger partial charge in [0.2, 0.25) is 5.91 Å². The number of benzene rings is 1. The van der Waals surface area contributed by atoms with Gasteiger partial charge in [-0.05, 0) is 24.1 Å². The molecule has 3 heterocycles. The third-order valence-corrected chi connectivity index (χ3v) is 4.96. The van der Waals surface area contributed by atoms with Crippen LogP contribution in [0.3, 0.4) is 0 Å². The number of aromatic amines is 1. The second-order valence-electron chi connectivity index (χ2n) is 6.73. The molecule has 1 fully saturated rings. The van der Waals surface area contributed by atoms with Gasteiger partial charge in [0.1, 0.15) is 0 Å². The van der Waals surface area contributed by atoms with E-state index in [0.29, 0.717) is 6.42 Å². The summed E-state index contributed by atoms with van der Waals surface area (Å²) in [5.74, 6) is 1.15. The third kappa shape index (κ3) is 4.16. The summed E-state index contributed by atoms with van der Waals surface area (Å²) in [6.45, 7) is 3.08. The van der Waals surface area contributed by atoms with E-state index in [4.69, 9.17) is 0 Å². The molecule has 6 heteroatoms. The van der Waals surface area contributed by atoms with E-state index in [0.717, 1.165) is 49.7 Å². The highest BCUT2D eigenvalue weighted by Gasteiger charge is 2.22. The molecule has 1 aliphatic rings. The Morgan fingerprint density at radius 3 is 2.59 bits per heavy atom. The number of hydrogen-bond donors (Lipinski definition) is 1. The van der Waals surface area contributed by atoms with Crippen molar-refractivity contribution in [1.29, 1.82) is 0 Å². The maximum absolute atomic E-state index is 12.5. The summed E-state index contributed by atoms with van der Waals surface area (Å²) in [7, 11) is 0. The molecule has 0 radical (unpaired) electrons. The highest BCUT2D eigenvalue weighted by atomic mass is 16.2. The van der Waals surface area contributed by atoms with Crippen molar-refractivity contribution in [1.82, 2.24) is 20.1 Å². The largest absolute Gasteiger partial charge is 0.352 e. The third-order valence-electron chi connectivity index (χ3n) is 4.96. The van der Waals surface area contributed by atoms with Crippen LogP contribution in [0.25, 0.3) is 11.3 Å². The van der Waals surface area contributed by atoms with Crippen LogP contribution in [0.4, 0.5) is 5.82 Å². The van der Waals surface area contributed by atoms with E-state index in [1.807, 2.05) is 47.5 Å². The Labute approximate surface area is 158 Å². The summed E-state index contributed by atoms with van der Waals surface area (Å²) < 4.78 is 0. The van der Waals surface area contributed by atoms with Gasteiger partial charge >= 0.3 is 0 Å². The van der Waals surface area contributed by atoms with E-state index in [1.54, 1.807) is 6.20 Å². The molecular weight excluding hydrogens is 338 g/mol. The molecule has 0 unspecified atom stereocenters. The van der Waals surface area contributed by atoms with Crippen molar-refractivity contribution in [2.75, 3.05) is 31.1 Å². The number of carbonyl (C=O) groups is 1. The van der Waals surface area contributed by atoms with Crippen LogP contribution >= 0.6 is 0 Å². The zero-order valence-electron chi connectivity index (χ0n) is 15.2. The average molecular weight is 361 g/mol. The molecule has 1 N–H and O–H groups in total. The fourth-order valence-electron chi connectivity index (χ4n) is 3.38. The summed E-state index contributed by atoms with van der Waals surface area (Å²) in [5.41, 5.74) is 3.19. The predicted molar refractivity (Wildman–Crippen MR) is 105 cm³/mol. The van der Waals surface area contributed by atoms with Crippen molar-refractivity contribution in [2.45, 2.75) is 12.8 Å². The van der Waals surface area contributed by atoms with Crippen LogP contribution in [-0.2, 0) is 11.2 Å². The standard InChI is InChI=1S/C21H23N5O/c27-21(9-8-17-5-2-1-3-6-17)26-13-11-25(12-14-26)20-15-19(23-24-20)18-7-4-10-22-16-18/h1-7,10,15-16H,8-9,11-14H2,(H,23,24). The van der Waals surface area contributed by atoms with Crippen LogP contribution in [-0.4, -0.2) is 52.2 Å². The monoisotopic (exact) mass is 361 g/mol. The molecule has 6 nitrogen and oxygen atoms in total. The highest BCUT2D eigenvalue weighted by molar-refractivity contribution is 5.76. The molecule has 2 aromatic heterocycles. The number of anilines is 1. The second kappa shape index (κ2) is 8.03. The van der Waals surface area contributed by atoms with Gasteiger partial charge in [0.15, 0.2) is 5.82 Å². The molecular formula is C21H23N5O. The molecule has 1 amide bonds. The van der Waals surface area contributed by atoms with Crippen molar-refractivity contribution in [2.24, 2.45) is 0 Å². The zero-order chi connectivity index (χ0) is 18.5. The number of H-pyrrole nitrogens is 1. The number of aromatic nitrogens is 3. The molecule has 1 aromatic carbocycles. The zero-order valence-corrected chi connectivity index (χ0v) is 15.2. The molecule has 138 valence electrons. The fourth-order valence-corrected chi connectivity index (χ4v) is 3.38. The number of carbonyl (C=O) groups excluding carboxylic acids is 1. The van der Waals surface area contributed by atoms with Gasteiger partial charge in [0.05, 0.1) is 5.69 Å². The number of hydrogen-bond acceptors (Lipinski definition) is 4. The lowest BCUT2D eigenvalue weighted by Gasteiger charge is -2.34. The Bertz CT molecular complexity index is 870. The number of amides is 1. The van der Waals surface area contributed by atoms with Crippen LogP contribution in [0, 0.1) is 0 Å². The molecule has 0 aliphatic carbocycles. The highest BCUT2D eigenvalue weighted by Crippen LogP contribution is 2.22. The van der Waals surface area contributed by atoms with Gasteiger partial charge in [-0.3, -0.25) is 14.9 Å². The number of nitrogens with one attached hydrogen (secondary N) is 1. The summed E-state index contributed by atoms with van der Waals surface area (Å²) in [6.07, 6.45) is 4.95. The van der Waals surface area contributed by atoms with E-state index < -0.39 is 0 Å². The predicted octanol–water partition coefficient (Wildman–Crippen LogP) is 2.75. The van der Waals surface area contributed by atoms with Gasteiger partial charge in [-0.15, -0.1) is 0 Å². The Hall–Kier alpha value is -3.15. The van der Waals surface area contributed by atoms with Gasteiger partial charge in [-0.25, -0.2) is 0 Å². The molecule has 0 saturated carbocycles. The van der Waals surface area contributed by atoms with E-state index in [9.17, 15) is 4.79 Å². The Morgan fingerprint density at radius 2 is 1.85 bits per heavy atom. The Morgan fingerprint density at radius 1 is 1.04 bits per heavy atom. The lowest BCUT2D eigenvalue weighted by Crippen LogP contribution is -2.49. The molecule has 0 atom stereocenters. The molecule has 1 aliphatic heterocycles. The van der Waals surface area contributed by atoms with Crippen molar-refractivity contribution in [3.63, 3.8) is 0 Å². The quantitative estimate of drug-likeness (QED) is 0.759. The van der Waals surface area contributed by atoms with Crippen molar-refractivity contribution in [3.05, 3.63) is 66.5 Å². The SMILES string of the molecule is O=C(CCc1ccccc1)N1CCN(c2cc(-c3cccnc3)[nH]n2)CC1. The van der Waals surface area contributed by atoms with Crippen LogP contribution in [0.15, 0.2) is 60.9 Å². The van der Waals surface area contributed by atoms with E-state index in [1.165, 1.54) is 5.56 Å². The minimum absolute atomic E-state index is 0.233. The van der Waals surface area contributed by atoms with E-state index in [-0.39, 0.29) is 5.91 Å². The van der Waals surface area contributed by atoms with Crippen LogP contribution < -0.4 is 4.90 Å². The fraction of sp³-hybridized carbons (Fsp3) is 0.286. The van der Waals surface area contributed by atoms with Gasteiger partial charge in [0.25, 0.3) is 0 Å². The molecule has 27 heavy (non-hydrogen) atoms. The second-order valence-corrected chi connectivity index (χ2v) is 6.73. The van der Waals surface area contributed by atoms with Crippen molar-refractivity contribution < 1.29 is 4.79 Å². The lowest BCUT2D eigenvalue weighted by atomic mass is 10.1. The van der Waals surface area contributed by atoms with Gasteiger partial charge in [-0.1, -0.05) is 30.3 Å². The Kier molecular flexibility index (Phi) is 5.14. The number of nitrogens with zero attached hydrogens (tertiary/aromatic N) is 4. The Balaban J connectivity index is 1.30. The van der Waals surface area contributed by atoms with Crippen LogP contribution in [0.5, 0.6) is 0 Å². The number of aryl methyl sites for hydroxylation is 1. The van der Waals surface area contributed by atoms with Crippen LogP contribution in [0.2, 0.25) is 0 Å². The summed E-state index contributed by atoms with van der Waals surface area (Å²) >= 11 is 0. The maximum Gasteiger partial charge on any atom is 0.223 e. The van der Waals surface area contributed by atoms with E-state index >= 15 is 0 Å². The maximum atomic E-state index is 12.5. The van der Waals surface area contributed by atoms with Crippen molar-refractivity contribution in [3.8, 4) is 11.3 Å². The summed E-state index contributed by atoms with van der Waals surface area (Å²) in [5, 5.41) is 7.51. The number of rotatable bonds is 5. The molecule has 4 rings (SSSR count). The summed E-state index contributed by atoms with van der Waals surface area (Å²) in [6, 6.07) is 16.1. The first-order valence-electron chi connectivity index (χ1n) is 9.32.